The summed E-state index contributed by atoms with van der Waals surface area (Å²) in [5.74, 6) is 0.670. The van der Waals surface area contributed by atoms with Crippen LogP contribution in [0, 0.1) is 0 Å². The summed E-state index contributed by atoms with van der Waals surface area (Å²) in [6.07, 6.45) is 1.62. The number of halogens is 2. The normalized spacial score (nSPS) is 10.1. The molecule has 0 spiro atoms. The Kier molecular flexibility index (Phi) is 3.00. The van der Waals surface area contributed by atoms with E-state index in [9.17, 15) is 0 Å². The van der Waals surface area contributed by atoms with Gasteiger partial charge in [-0.1, -0.05) is 0 Å². The van der Waals surface area contributed by atoms with Gasteiger partial charge in [0, 0.05) is 11.6 Å². The van der Waals surface area contributed by atoms with Crippen molar-refractivity contribution in [2.45, 2.75) is 0 Å². The molecular weight excluding hydrogens is 286 g/mol. The van der Waals surface area contributed by atoms with E-state index in [0.29, 0.717) is 5.82 Å². The van der Waals surface area contributed by atoms with Crippen molar-refractivity contribution < 1.29 is 0 Å². The molecule has 14 heavy (non-hydrogen) atoms. The number of nitrogens with zero attached hydrogens (tertiary/aromatic N) is 2. The van der Waals surface area contributed by atoms with Crippen molar-refractivity contribution in [3.05, 3.63) is 32.8 Å². The Morgan fingerprint density at radius 2 is 2.36 bits per heavy atom. The van der Waals surface area contributed by atoms with Crippen LogP contribution in [0.25, 0.3) is 0 Å². The van der Waals surface area contributed by atoms with E-state index in [0.717, 1.165) is 10.2 Å². The molecule has 6 heteroatoms. The van der Waals surface area contributed by atoms with Crippen molar-refractivity contribution in [3.63, 3.8) is 0 Å². The SMILES string of the molecule is Clc1ncc(Br)c(Nc2ccsc2)n1. The van der Waals surface area contributed by atoms with E-state index in [1.807, 2.05) is 16.8 Å². The van der Waals surface area contributed by atoms with Crippen molar-refractivity contribution >= 4 is 50.4 Å². The predicted molar refractivity (Wildman–Crippen MR) is 62.3 cm³/mol. The van der Waals surface area contributed by atoms with Crippen molar-refractivity contribution in [3.8, 4) is 0 Å². The summed E-state index contributed by atoms with van der Waals surface area (Å²) in [4.78, 5) is 7.89. The fourth-order valence-corrected chi connectivity index (χ4v) is 1.92. The Morgan fingerprint density at radius 3 is 3.07 bits per heavy atom. The first-order valence-corrected chi connectivity index (χ1v) is 5.84. The van der Waals surface area contributed by atoms with Gasteiger partial charge in [-0.3, -0.25) is 0 Å². The predicted octanol–water partition coefficient (Wildman–Crippen LogP) is 3.70. The molecule has 0 saturated heterocycles. The molecule has 2 rings (SSSR count). The Hall–Kier alpha value is -0.650. The van der Waals surface area contributed by atoms with E-state index < -0.39 is 0 Å². The van der Waals surface area contributed by atoms with Crippen molar-refractivity contribution in [1.29, 1.82) is 0 Å². The molecule has 0 unspecified atom stereocenters. The molecule has 0 radical (unpaired) electrons. The number of hydrogen-bond donors (Lipinski definition) is 1. The molecule has 0 aliphatic rings. The van der Waals surface area contributed by atoms with Gasteiger partial charge < -0.3 is 5.32 Å². The second-order valence-corrected chi connectivity index (χ2v) is 4.45. The lowest BCUT2D eigenvalue weighted by Crippen LogP contribution is -1.94. The van der Waals surface area contributed by atoms with Gasteiger partial charge in [-0.15, -0.1) is 0 Å². The highest BCUT2D eigenvalue weighted by atomic mass is 79.9. The molecule has 0 atom stereocenters. The lowest BCUT2D eigenvalue weighted by molar-refractivity contribution is 1.15. The molecule has 2 heterocycles. The number of hydrogen-bond acceptors (Lipinski definition) is 4. The van der Waals surface area contributed by atoms with Gasteiger partial charge in [-0.2, -0.15) is 16.3 Å². The highest BCUT2D eigenvalue weighted by Gasteiger charge is 2.03. The van der Waals surface area contributed by atoms with Crippen LogP contribution in [-0.4, -0.2) is 9.97 Å². The highest BCUT2D eigenvalue weighted by Crippen LogP contribution is 2.24. The molecular formula is C8H5BrClN3S. The average Bonchev–Trinajstić information content (AvgIpc) is 2.64. The van der Waals surface area contributed by atoms with Gasteiger partial charge in [-0.05, 0) is 39.0 Å². The molecule has 72 valence electrons. The van der Waals surface area contributed by atoms with Crippen LogP contribution >= 0.6 is 38.9 Å². The van der Waals surface area contributed by atoms with Crippen LogP contribution in [0.2, 0.25) is 5.28 Å². The first kappa shape index (κ1) is 9.89. The van der Waals surface area contributed by atoms with Crippen molar-refractivity contribution in [2.24, 2.45) is 0 Å². The number of anilines is 2. The number of rotatable bonds is 2. The quantitative estimate of drug-likeness (QED) is 0.857. The van der Waals surface area contributed by atoms with Crippen LogP contribution < -0.4 is 5.32 Å². The Bertz CT molecular complexity index is 432. The second-order valence-electron chi connectivity index (χ2n) is 2.47. The molecule has 0 aliphatic carbocycles. The minimum atomic E-state index is 0.228. The highest BCUT2D eigenvalue weighted by molar-refractivity contribution is 9.10. The van der Waals surface area contributed by atoms with Gasteiger partial charge in [0.15, 0.2) is 0 Å². The lowest BCUT2D eigenvalue weighted by atomic mass is 10.5. The van der Waals surface area contributed by atoms with Crippen LogP contribution in [0.15, 0.2) is 27.5 Å². The monoisotopic (exact) mass is 289 g/mol. The fraction of sp³-hybridized carbons (Fsp3) is 0. The molecule has 2 aromatic rings. The largest absolute Gasteiger partial charge is 0.338 e. The molecule has 0 saturated carbocycles. The zero-order chi connectivity index (χ0) is 9.97. The molecule has 3 nitrogen and oxygen atoms in total. The standard InChI is InChI=1S/C8H5BrClN3S/c9-6-3-11-8(10)13-7(6)12-5-1-2-14-4-5/h1-4H,(H,11,12,13). The Labute approximate surface area is 98.3 Å². The van der Waals surface area contributed by atoms with Gasteiger partial charge in [0.05, 0.1) is 10.2 Å². The van der Waals surface area contributed by atoms with Crippen LogP contribution in [0.5, 0.6) is 0 Å². The number of thiophene rings is 1. The van der Waals surface area contributed by atoms with E-state index in [-0.39, 0.29) is 5.28 Å². The third-order valence-electron chi connectivity index (χ3n) is 1.50. The van der Waals surface area contributed by atoms with Crippen molar-refractivity contribution in [1.82, 2.24) is 9.97 Å². The summed E-state index contributed by atoms with van der Waals surface area (Å²) in [6.45, 7) is 0. The fourth-order valence-electron chi connectivity index (χ4n) is 0.906. The van der Waals surface area contributed by atoms with Gasteiger partial charge in [0.2, 0.25) is 5.28 Å². The minimum Gasteiger partial charge on any atom is -0.338 e. The van der Waals surface area contributed by atoms with Gasteiger partial charge in [0.1, 0.15) is 5.82 Å². The van der Waals surface area contributed by atoms with E-state index in [2.05, 4.69) is 31.2 Å². The summed E-state index contributed by atoms with van der Waals surface area (Å²) >= 11 is 10.6. The first-order valence-electron chi connectivity index (χ1n) is 3.73. The number of aromatic nitrogens is 2. The van der Waals surface area contributed by atoms with Crippen LogP contribution in [0.3, 0.4) is 0 Å². The number of nitrogens with one attached hydrogen (secondary N) is 1. The van der Waals surface area contributed by atoms with E-state index in [1.165, 1.54) is 0 Å². The molecule has 0 aliphatic heterocycles. The first-order chi connectivity index (χ1) is 6.75. The summed E-state index contributed by atoms with van der Waals surface area (Å²) in [6, 6.07) is 1.97. The van der Waals surface area contributed by atoms with Crippen LogP contribution in [0.4, 0.5) is 11.5 Å². The second kappa shape index (κ2) is 4.25. The molecule has 1 N–H and O–H groups in total. The Morgan fingerprint density at radius 1 is 1.50 bits per heavy atom. The van der Waals surface area contributed by atoms with Gasteiger partial charge in [0.25, 0.3) is 0 Å². The maximum absolute atomic E-state index is 5.68. The van der Waals surface area contributed by atoms with E-state index in [1.54, 1.807) is 17.5 Å². The topological polar surface area (TPSA) is 37.8 Å². The maximum Gasteiger partial charge on any atom is 0.224 e. The van der Waals surface area contributed by atoms with Gasteiger partial charge >= 0.3 is 0 Å². The summed E-state index contributed by atoms with van der Waals surface area (Å²) in [5, 5.41) is 7.32. The zero-order valence-corrected chi connectivity index (χ0v) is 10.0. The third kappa shape index (κ3) is 2.23. The van der Waals surface area contributed by atoms with Crippen LogP contribution in [-0.2, 0) is 0 Å². The molecule has 0 aromatic carbocycles. The molecule has 2 aromatic heterocycles. The molecule has 0 bridgehead atoms. The smallest absolute Gasteiger partial charge is 0.224 e. The maximum atomic E-state index is 5.68. The van der Waals surface area contributed by atoms with Crippen molar-refractivity contribution in [2.75, 3.05) is 5.32 Å². The lowest BCUT2D eigenvalue weighted by Gasteiger charge is -2.04. The zero-order valence-electron chi connectivity index (χ0n) is 6.87. The molecule has 0 amide bonds. The molecule has 0 fully saturated rings. The minimum absolute atomic E-state index is 0.228. The third-order valence-corrected chi connectivity index (χ3v) is 2.94. The van der Waals surface area contributed by atoms with Gasteiger partial charge in [-0.25, -0.2) is 4.98 Å². The average molecular weight is 291 g/mol. The Balaban J connectivity index is 2.28. The summed E-state index contributed by atoms with van der Waals surface area (Å²) in [7, 11) is 0. The summed E-state index contributed by atoms with van der Waals surface area (Å²) in [5.41, 5.74) is 0.991. The summed E-state index contributed by atoms with van der Waals surface area (Å²) < 4.78 is 0.785. The van der Waals surface area contributed by atoms with Crippen LogP contribution in [0.1, 0.15) is 0 Å². The van der Waals surface area contributed by atoms with E-state index >= 15 is 0 Å². The van der Waals surface area contributed by atoms with E-state index in [4.69, 9.17) is 11.6 Å².